The number of benzene rings is 3. The fourth-order valence-electron chi connectivity index (χ4n) is 4.06. The summed E-state index contributed by atoms with van der Waals surface area (Å²) in [5.41, 5.74) is 0.545. The van der Waals surface area contributed by atoms with E-state index >= 15 is 0 Å². The molecule has 0 bridgehead atoms. The zero-order chi connectivity index (χ0) is 29.5. The molecule has 0 N–H and O–H groups in total. The highest BCUT2D eigenvalue weighted by Crippen LogP contribution is 2.31. The Morgan fingerprint density at radius 3 is 1.79 bits per heavy atom. The van der Waals surface area contributed by atoms with E-state index in [-0.39, 0.29) is 16.7 Å². The molecule has 0 amide bonds. The van der Waals surface area contributed by atoms with Crippen molar-refractivity contribution in [1.82, 2.24) is 8.96 Å². The Bertz CT molecular complexity index is 1610. The maximum absolute atomic E-state index is 13.1. The van der Waals surface area contributed by atoms with E-state index in [4.69, 9.17) is 23.1 Å². The van der Waals surface area contributed by atoms with Crippen LogP contribution in [0, 0.1) is 0 Å². The number of nitrogens with zero attached hydrogens (tertiary/aromatic N) is 2. The third-order valence-electron chi connectivity index (χ3n) is 6.11. The minimum Gasteiger partial charge on any atom is -0.459 e. The minimum atomic E-state index is -4.58. The largest absolute Gasteiger partial charge is 0.459 e. The summed E-state index contributed by atoms with van der Waals surface area (Å²) in [5.74, 6) is -2.41. The Labute approximate surface area is 240 Å². The van der Waals surface area contributed by atoms with Gasteiger partial charge in [0.25, 0.3) is 0 Å². The quantitative estimate of drug-likeness (QED) is 0.198. The van der Waals surface area contributed by atoms with Crippen LogP contribution >= 0.6 is 0 Å². The molecule has 216 valence electrons. The number of esters is 3. The number of imidazole rings is 1. The standard InChI is InChI=1S/C29H24N2O10S/c32-26(20-10-4-1-5-11-20)37-18-23-24(39-27(33)21-12-6-2-7-13-21)25(41-42(35,36)31-17-16-30-19-31)29(38-23)40-28(34)22-14-8-3-9-15-22/h1-17,19,23-25,29H,18H2/t23-,24-,25-,29-/m1/s1. The van der Waals surface area contributed by atoms with Gasteiger partial charge in [-0.1, -0.05) is 54.6 Å². The summed E-state index contributed by atoms with van der Waals surface area (Å²) in [7, 11) is -4.58. The number of carbonyl (C=O) groups is 3. The Morgan fingerprint density at radius 1 is 0.738 bits per heavy atom. The predicted molar refractivity (Wildman–Crippen MR) is 144 cm³/mol. The fraction of sp³-hybridized carbons (Fsp3) is 0.172. The van der Waals surface area contributed by atoms with Crippen LogP contribution in [0.25, 0.3) is 0 Å². The highest BCUT2D eigenvalue weighted by molar-refractivity contribution is 7.85. The van der Waals surface area contributed by atoms with Crippen molar-refractivity contribution >= 4 is 28.2 Å². The first-order chi connectivity index (χ1) is 20.3. The van der Waals surface area contributed by atoms with Gasteiger partial charge in [-0.15, -0.1) is 0 Å². The van der Waals surface area contributed by atoms with E-state index in [1.54, 1.807) is 66.7 Å². The topological polar surface area (TPSA) is 149 Å². The molecule has 13 heteroatoms. The zero-order valence-electron chi connectivity index (χ0n) is 21.8. The Balaban J connectivity index is 1.46. The molecule has 12 nitrogen and oxygen atoms in total. The summed E-state index contributed by atoms with van der Waals surface area (Å²) in [4.78, 5) is 42.4. The van der Waals surface area contributed by atoms with Crippen LogP contribution in [0.2, 0.25) is 0 Å². The van der Waals surface area contributed by atoms with Gasteiger partial charge in [0.2, 0.25) is 6.29 Å². The van der Waals surface area contributed by atoms with Gasteiger partial charge in [0.1, 0.15) is 19.0 Å². The molecule has 1 aliphatic heterocycles. The number of carbonyl (C=O) groups excluding carboxylic acids is 3. The summed E-state index contributed by atoms with van der Waals surface area (Å²) in [6, 6.07) is 23.9. The van der Waals surface area contributed by atoms with E-state index in [2.05, 4.69) is 4.98 Å². The van der Waals surface area contributed by atoms with Crippen molar-refractivity contribution in [3.05, 3.63) is 126 Å². The third kappa shape index (κ3) is 6.71. The molecule has 1 aliphatic rings. The summed E-state index contributed by atoms with van der Waals surface area (Å²) in [6.07, 6.45) is -2.85. The molecular formula is C29H24N2O10S. The molecule has 1 saturated heterocycles. The average molecular weight is 593 g/mol. The lowest BCUT2D eigenvalue weighted by Crippen LogP contribution is -2.43. The van der Waals surface area contributed by atoms with Crippen LogP contribution in [0.1, 0.15) is 31.1 Å². The van der Waals surface area contributed by atoms with Crippen molar-refractivity contribution in [2.24, 2.45) is 0 Å². The van der Waals surface area contributed by atoms with Crippen LogP contribution in [-0.2, 0) is 33.4 Å². The van der Waals surface area contributed by atoms with Crippen LogP contribution in [-0.4, -0.2) is 66.5 Å². The summed E-state index contributed by atoms with van der Waals surface area (Å²) >= 11 is 0. The lowest BCUT2D eigenvalue weighted by molar-refractivity contribution is -0.135. The monoisotopic (exact) mass is 592 g/mol. The van der Waals surface area contributed by atoms with Gasteiger partial charge in [0, 0.05) is 12.4 Å². The summed E-state index contributed by atoms with van der Waals surface area (Å²) in [5, 5.41) is 0. The highest BCUT2D eigenvalue weighted by atomic mass is 32.2. The first-order valence-electron chi connectivity index (χ1n) is 12.6. The second-order valence-electron chi connectivity index (χ2n) is 8.93. The maximum atomic E-state index is 13.1. The van der Waals surface area contributed by atoms with Crippen LogP contribution < -0.4 is 0 Å². The molecule has 3 aromatic carbocycles. The first kappa shape index (κ1) is 28.7. The van der Waals surface area contributed by atoms with Gasteiger partial charge in [-0.2, -0.15) is 8.42 Å². The zero-order valence-corrected chi connectivity index (χ0v) is 22.6. The second-order valence-corrected chi connectivity index (χ2v) is 10.4. The summed E-state index contributed by atoms with van der Waals surface area (Å²) in [6.45, 7) is -0.495. The Hall–Kier alpha value is -4.85. The molecule has 0 saturated carbocycles. The second kappa shape index (κ2) is 12.8. The highest BCUT2D eigenvalue weighted by Gasteiger charge is 2.53. The third-order valence-corrected chi connectivity index (χ3v) is 7.31. The van der Waals surface area contributed by atoms with Crippen molar-refractivity contribution in [2.75, 3.05) is 6.61 Å². The number of rotatable bonds is 10. The molecule has 5 rings (SSSR count). The smallest absolute Gasteiger partial charge is 0.367 e. The average Bonchev–Trinajstić information content (AvgIpc) is 3.67. The van der Waals surface area contributed by atoms with Crippen molar-refractivity contribution in [2.45, 2.75) is 24.6 Å². The SMILES string of the molecule is O=C(OC[C@H]1O[C@H](OC(=O)c2ccccc2)[C@H](OS(=O)(=O)n2ccnc2)[C@@H]1OC(=O)c1ccccc1)c1ccccc1. The molecule has 0 spiro atoms. The number of hydrogen-bond acceptors (Lipinski definition) is 11. The molecule has 0 radical (unpaired) electrons. The van der Waals surface area contributed by atoms with E-state index in [1.807, 2.05) is 0 Å². The van der Waals surface area contributed by atoms with Gasteiger partial charge in [-0.25, -0.2) is 27.5 Å². The van der Waals surface area contributed by atoms with Gasteiger partial charge in [0.15, 0.2) is 12.2 Å². The molecule has 42 heavy (non-hydrogen) atoms. The molecular weight excluding hydrogens is 568 g/mol. The van der Waals surface area contributed by atoms with E-state index in [0.717, 1.165) is 12.5 Å². The number of hydrogen-bond donors (Lipinski definition) is 0. The minimum absolute atomic E-state index is 0.147. The van der Waals surface area contributed by atoms with E-state index in [9.17, 15) is 22.8 Å². The van der Waals surface area contributed by atoms with Crippen molar-refractivity contribution in [1.29, 1.82) is 0 Å². The van der Waals surface area contributed by atoms with Gasteiger partial charge in [-0.05, 0) is 36.4 Å². The molecule has 4 atom stereocenters. The van der Waals surface area contributed by atoms with E-state index < -0.39 is 59.4 Å². The van der Waals surface area contributed by atoms with E-state index in [1.165, 1.54) is 30.5 Å². The molecule has 1 aromatic heterocycles. The number of ether oxygens (including phenoxy) is 4. The van der Waals surface area contributed by atoms with Gasteiger partial charge >= 0.3 is 28.2 Å². The van der Waals surface area contributed by atoms with Crippen molar-refractivity contribution in [3.63, 3.8) is 0 Å². The molecule has 0 unspecified atom stereocenters. The lowest BCUT2D eigenvalue weighted by atomic mass is 10.1. The van der Waals surface area contributed by atoms with E-state index in [0.29, 0.717) is 3.97 Å². The summed E-state index contributed by atoms with van der Waals surface area (Å²) < 4.78 is 54.7. The van der Waals surface area contributed by atoms with Crippen LogP contribution in [0.15, 0.2) is 110 Å². The first-order valence-corrected chi connectivity index (χ1v) is 14.0. The lowest BCUT2D eigenvalue weighted by Gasteiger charge is -2.23. The van der Waals surface area contributed by atoms with Crippen molar-refractivity contribution < 1.29 is 45.9 Å². The molecule has 2 heterocycles. The Kier molecular flexibility index (Phi) is 8.71. The Morgan fingerprint density at radius 2 is 1.26 bits per heavy atom. The maximum Gasteiger partial charge on any atom is 0.367 e. The normalized spacial score (nSPS) is 20.0. The van der Waals surface area contributed by atoms with Crippen LogP contribution in [0.3, 0.4) is 0 Å². The van der Waals surface area contributed by atoms with Gasteiger partial charge in [0.05, 0.1) is 16.7 Å². The molecule has 4 aromatic rings. The fourth-order valence-corrected chi connectivity index (χ4v) is 5.02. The van der Waals surface area contributed by atoms with Crippen LogP contribution in [0.5, 0.6) is 0 Å². The van der Waals surface area contributed by atoms with Gasteiger partial charge < -0.3 is 18.9 Å². The van der Waals surface area contributed by atoms with Crippen molar-refractivity contribution in [3.8, 4) is 0 Å². The number of aromatic nitrogens is 2. The predicted octanol–water partition coefficient (Wildman–Crippen LogP) is 3.03. The molecule has 1 fully saturated rings. The van der Waals surface area contributed by atoms with Gasteiger partial charge in [-0.3, -0.25) is 0 Å². The van der Waals surface area contributed by atoms with Crippen LogP contribution in [0.4, 0.5) is 0 Å². The molecule has 0 aliphatic carbocycles.